The van der Waals surface area contributed by atoms with Gasteiger partial charge in [-0.25, -0.2) is 0 Å². The molecule has 0 aliphatic heterocycles. The van der Waals surface area contributed by atoms with Crippen molar-refractivity contribution in [1.29, 1.82) is 0 Å². The van der Waals surface area contributed by atoms with Crippen LogP contribution in [0.5, 0.6) is 5.75 Å². The second kappa shape index (κ2) is 3.05. The monoisotopic (exact) mass is 178 g/mol. The van der Waals surface area contributed by atoms with Gasteiger partial charge in [0, 0.05) is 0 Å². The third kappa shape index (κ3) is 1.61. The van der Waals surface area contributed by atoms with Gasteiger partial charge in [0.15, 0.2) is 12.0 Å². The van der Waals surface area contributed by atoms with Crippen LogP contribution in [0.4, 0.5) is 5.69 Å². The molecule has 1 heterocycles. The summed E-state index contributed by atoms with van der Waals surface area (Å²) >= 11 is 0. The highest BCUT2D eigenvalue weighted by atomic mass is 16.5. The van der Waals surface area contributed by atoms with Crippen LogP contribution in [0.1, 0.15) is 23.2 Å². The Kier molecular flexibility index (Phi) is 1.88. The maximum atomic E-state index is 10.7. The van der Waals surface area contributed by atoms with Crippen LogP contribution in [0, 0.1) is 0 Å². The smallest absolute Gasteiger partial charge is 0.155 e. The molecule has 0 atom stereocenters. The molecule has 13 heavy (non-hydrogen) atoms. The quantitative estimate of drug-likeness (QED) is 0.702. The van der Waals surface area contributed by atoms with E-state index in [1.165, 1.54) is 12.4 Å². The highest BCUT2D eigenvalue weighted by Crippen LogP contribution is 2.29. The number of pyridine rings is 1. The number of nitrogens with two attached hydrogens (primary N) is 1. The van der Waals surface area contributed by atoms with Crippen molar-refractivity contribution in [2.75, 3.05) is 5.73 Å². The molecule has 2 N–H and O–H groups in total. The van der Waals surface area contributed by atoms with Crippen molar-refractivity contribution in [1.82, 2.24) is 4.98 Å². The van der Waals surface area contributed by atoms with Crippen molar-refractivity contribution in [3.63, 3.8) is 0 Å². The first-order chi connectivity index (χ1) is 6.31. The number of nitrogens with zero attached hydrogens (tertiary/aromatic N) is 1. The summed E-state index contributed by atoms with van der Waals surface area (Å²) in [6.07, 6.45) is 6.03. The Balaban J connectivity index is 2.30. The standard InChI is InChI=1S/C9H10N2O2/c10-8-3-11-4-9(7(8)5-12)13-6-1-2-6/h3-6H,1-2,10H2. The summed E-state index contributed by atoms with van der Waals surface area (Å²) in [6, 6.07) is 0. The van der Waals surface area contributed by atoms with Crippen LogP contribution in [-0.2, 0) is 0 Å². The minimum atomic E-state index is 0.252. The van der Waals surface area contributed by atoms with Gasteiger partial charge >= 0.3 is 0 Å². The summed E-state index contributed by atoms with van der Waals surface area (Å²) in [6.45, 7) is 0. The fourth-order valence-electron chi connectivity index (χ4n) is 1.05. The van der Waals surface area contributed by atoms with E-state index in [0.29, 0.717) is 23.3 Å². The Morgan fingerprint density at radius 3 is 2.92 bits per heavy atom. The largest absolute Gasteiger partial charge is 0.488 e. The van der Waals surface area contributed by atoms with Gasteiger partial charge in [-0.15, -0.1) is 0 Å². The van der Waals surface area contributed by atoms with E-state index in [-0.39, 0.29) is 6.10 Å². The summed E-state index contributed by atoms with van der Waals surface area (Å²) in [4.78, 5) is 14.5. The SMILES string of the molecule is Nc1cncc(OC2CC2)c1C=O. The van der Waals surface area contributed by atoms with Crippen LogP contribution < -0.4 is 10.5 Å². The zero-order chi connectivity index (χ0) is 9.26. The molecule has 1 aliphatic rings. The summed E-state index contributed by atoms with van der Waals surface area (Å²) in [5.74, 6) is 0.498. The van der Waals surface area contributed by atoms with Gasteiger partial charge in [-0.3, -0.25) is 9.78 Å². The number of hydrogen-bond donors (Lipinski definition) is 1. The van der Waals surface area contributed by atoms with E-state index in [9.17, 15) is 4.79 Å². The molecular weight excluding hydrogens is 168 g/mol. The number of nitrogen functional groups attached to an aromatic ring is 1. The molecule has 1 aromatic rings. The number of anilines is 1. The maximum Gasteiger partial charge on any atom is 0.155 e. The van der Waals surface area contributed by atoms with Crippen molar-refractivity contribution in [3.8, 4) is 5.75 Å². The third-order valence-corrected chi connectivity index (χ3v) is 1.92. The van der Waals surface area contributed by atoms with E-state index in [1.54, 1.807) is 0 Å². The van der Waals surface area contributed by atoms with Gasteiger partial charge in [0.05, 0.1) is 29.7 Å². The van der Waals surface area contributed by atoms with Crippen molar-refractivity contribution in [3.05, 3.63) is 18.0 Å². The van der Waals surface area contributed by atoms with E-state index in [1.807, 2.05) is 0 Å². The van der Waals surface area contributed by atoms with Crippen LogP contribution in [0.3, 0.4) is 0 Å². The normalized spacial score (nSPS) is 15.4. The minimum Gasteiger partial charge on any atom is -0.488 e. The zero-order valence-electron chi connectivity index (χ0n) is 7.06. The lowest BCUT2D eigenvalue weighted by atomic mass is 10.2. The Labute approximate surface area is 75.7 Å². The highest BCUT2D eigenvalue weighted by Gasteiger charge is 2.25. The average molecular weight is 178 g/mol. The summed E-state index contributed by atoms with van der Waals surface area (Å²) in [7, 11) is 0. The molecule has 1 aliphatic carbocycles. The number of carbonyl (C=O) groups excluding carboxylic acids is 1. The van der Waals surface area contributed by atoms with Crippen LogP contribution in [0.25, 0.3) is 0 Å². The van der Waals surface area contributed by atoms with E-state index in [2.05, 4.69) is 4.98 Å². The molecular formula is C9H10N2O2. The summed E-state index contributed by atoms with van der Waals surface area (Å²) in [5.41, 5.74) is 6.33. The number of aromatic nitrogens is 1. The van der Waals surface area contributed by atoms with E-state index in [0.717, 1.165) is 12.8 Å². The average Bonchev–Trinajstić information content (AvgIpc) is 2.89. The molecule has 4 nitrogen and oxygen atoms in total. The maximum absolute atomic E-state index is 10.7. The number of hydrogen-bond acceptors (Lipinski definition) is 4. The Morgan fingerprint density at radius 2 is 2.31 bits per heavy atom. The molecule has 0 spiro atoms. The van der Waals surface area contributed by atoms with Crippen LogP contribution in [0.2, 0.25) is 0 Å². The molecule has 0 amide bonds. The minimum absolute atomic E-state index is 0.252. The van der Waals surface area contributed by atoms with Gasteiger partial charge < -0.3 is 10.5 Å². The molecule has 0 saturated heterocycles. The van der Waals surface area contributed by atoms with Crippen LogP contribution in [0.15, 0.2) is 12.4 Å². The predicted molar refractivity (Wildman–Crippen MR) is 47.7 cm³/mol. The molecule has 0 bridgehead atoms. The van der Waals surface area contributed by atoms with E-state index in [4.69, 9.17) is 10.5 Å². The number of aldehydes is 1. The fourth-order valence-corrected chi connectivity index (χ4v) is 1.05. The highest BCUT2D eigenvalue weighted by molar-refractivity contribution is 5.86. The molecule has 68 valence electrons. The first-order valence-electron chi connectivity index (χ1n) is 4.16. The van der Waals surface area contributed by atoms with E-state index >= 15 is 0 Å². The fraction of sp³-hybridized carbons (Fsp3) is 0.333. The van der Waals surface area contributed by atoms with E-state index < -0.39 is 0 Å². The predicted octanol–water partition coefficient (Wildman–Crippen LogP) is 1.02. The lowest BCUT2D eigenvalue weighted by Gasteiger charge is -2.07. The van der Waals surface area contributed by atoms with Crippen molar-refractivity contribution >= 4 is 12.0 Å². The van der Waals surface area contributed by atoms with Gasteiger partial charge in [0.1, 0.15) is 0 Å². The first-order valence-corrected chi connectivity index (χ1v) is 4.16. The van der Waals surface area contributed by atoms with Gasteiger partial charge in [-0.1, -0.05) is 0 Å². The molecule has 1 saturated carbocycles. The first kappa shape index (κ1) is 8.04. The second-order valence-electron chi connectivity index (χ2n) is 3.08. The molecule has 1 aromatic heterocycles. The molecule has 4 heteroatoms. The molecule has 2 rings (SSSR count). The zero-order valence-corrected chi connectivity index (χ0v) is 7.06. The Hall–Kier alpha value is -1.58. The Morgan fingerprint density at radius 1 is 1.54 bits per heavy atom. The third-order valence-electron chi connectivity index (χ3n) is 1.92. The van der Waals surface area contributed by atoms with Crippen LogP contribution >= 0.6 is 0 Å². The lowest BCUT2D eigenvalue weighted by molar-refractivity contribution is 0.112. The van der Waals surface area contributed by atoms with Crippen molar-refractivity contribution < 1.29 is 9.53 Å². The van der Waals surface area contributed by atoms with Crippen molar-refractivity contribution in [2.24, 2.45) is 0 Å². The number of ether oxygens (including phenoxy) is 1. The molecule has 0 aromatic carbocycles. The summed E-state index contributed by atoms with van der Waals surface area (Å²) < 4.78 is 5.45. The molecule has 0 radical (unpaired) electrons. The number of rotatable bonds is 3. The Bertz CT molecular complexity index is 334. The number of carbonyl (C=O) groups is 1. The van der Waals surface area contributed by atoms with Crippen molar-refractivity contribution in [2.45, 2.75) is 18.9 Å². The summed E-state index contributed by atoms with van der Waals surface area (Å²) in [5, 5.41) is 0. The second-order valence-corrected chi connectivity index (χ2v) is 3.08. The van der Waals surface area contributed by atoms with Gasteiger partial charge in [0.25, 0.3) is 0 Å². The van der Waals surface area contributed by atoms with Gasteiger partial charge in [-0.05, 0) is 12.8 Å². The topological polar surface area (TPSA) is 65.2 Å². The molecule has 1 fully saturated rings. The van der Waals surface area contributed by atoms with Gasteiger partial charge in [-0.2, -0.15) is 0 Å². The van der Waals surface area contributed by atoms with Crippen LogP contribution in [-0.4, -0.2) is 17.4 Å². The lowest BCUT2D eigenvalue weighted by Crippen LogP contribution is -2.02. The van der Waals surface area contributed by atoms with Gasteiger partial charge in [0.2, 0.25) is 0 Å². The molecule has 0 unspecified atom stereocenters.